The van der Waals surface area contributed by atoms with Crippen molar-refractivity contribution in [2.75, 3.05) is 5.73 Å². The molecule has 0 aliphatic carbocycles. The lowest BCUT2D eigenvalue weighted by molar-refractivity contribution is 1.31. The highest BCUT2D eigenvalue weighted by atomic mass is 16.1. The Morgan fingerprint density at radius 3 is 2.45 bits per heavy atom. The predicted octanol–water partition coefficient (Wildman–Crippen LogP) is 3.35. The average molecular weight is 289 g/mol. The molecule has 0 aliphatic heterocycles. The van der Waals surface area contributed by atoms with Gasteiger partial charge in [0.1, 0.15) is 0 Å². The molecular formula is C18H15N3O. The van der Waals surface area contributed by atoms with Crippen molar-refractivity contribution in [1.29, 1.82) is 0 Å². The third-order valence-electron chi connectivity index (χ3n) is 3.30. The minimum atomic E-state index is -0.0521. The van der Waals surface area contributed by atoms with Gasteiger partial charge in [-0.05, 0) is 29.7 Å². The first-order valence-electron chi connectivity index (χ1n) is 6.91. The fraction of sp³-hybridized carbons (Fsp3) is 0. The monoisotopic (exact) mass is 289 g/mol. The van der Waals surface area contributed by atoms with Crippen molar-refractivity contribution in [3.8, 4) is 0 Å². The van der Waals surface area contributed by atoms with Crippen molar-refractivity contribution in [1.82, 2.24) is 9.97 Å². The molecule has 0 amide bonds. The summed E-state index contributed by atoms with van der Waals surface area (Å²) in [6, 6.07) is 20.7. The molecule has 108 valence electrons. The van der Waals surface area contributed by atoms with Gasteiger partial charge in [0.2, 0.25) is 5.56 Å². The molecule has 3 N–H and O–H groups in total. The number of nitrogens with zero attached hydrogens (tertiary/aromatic N) is 1. The first-order chi connectivity index (χ1) is 10.7. The maximum absolute atomic E-state index is 10.8. The maximum Gasteiger partial charge on any atom is 0.248 e. The molecule has 0 fully saturated rings. The molecule has 22 heavy (non-hydrogen) atoms. The molecule has 0 aliphatic rings. The van der Waals surface area contributed by atoms with Crippen LogP contribution in [0.25, 0.3) is 21.8 Å². The van der Waals surface area contributed by atoms with E-state index >= 15 is 0 Å². The van der Waals surface area contributed by atoms with Crippen molar-refractivity contribution in [3.63, 3.8) is 0 Å². The van der Waals surface area contributed by atoms with Crippen LogP contribution in [0.1, 0.15) is 0 Å². The lowest BCUT2D eigenvalue weighted by Crippen LogP contribution is -2.01. The van der Waals surface area contributed by atoms with Crippen LogP contribution in [0.5, 0.6) is 0 Å². The van der Waals surface area contributed by atoms with Crippen LogP contribution in [-0.4, -0.2) is 9.97 Å². The summed E-state index contributed by atoms with van der Waals surface area (Å²) >= 11 is 0. The van der Waals surface area contributed by atoms with Crippen LogP contribution in [0.2, 0.25) is 0 Å². The molecule has 4 heteroatoms. The number of nitrogens with one attached hydrogen (secondary N) is 1. The fourth-order valence-corrected chi connectivity index (χ4v) is 2.22. The van der Waals surface area contributed by atoms with Gasteiger partial charge in [-0.15, -0.1) is 0 Å². The smallest absolute Gasteiger partial charge is 0.248 e. The summed E-state index contributed by atoms with van der Waals surface area (Å²) in [5.74, 6) is 0. The van der Waals surface area contributed by atoms with Gasteiger partial charge in [0.05, 0.1) is 11.2 Å². The Bertz CT molecular complexity index is 971. The number of rotatable bonds is 0. The average Bonchev–Trinajstić information content (AvgIpc) is 2.56. The molecule has 2 aromatic carbocycles. The Kier molecular flexibility index (Phi) is 3.83. The molecule has 0 saturated carbocycles. The molecule has 0 unspecified atom stereocenters. The number of aromatic amines is 1. The predicted molar refractivity (Wildman–Crippen MR) is 90.7 cm³/mol. The van der Waals surface area contributed by atoms with Gasteiger partial charge in [0.25, 0.3) is 0 Å². The molecule has 4 aromatic rings. The number of benzene rings is 2. The number of fused-ring (bicyclic) bond motifs is 2. The van der Waals surface area contributed by atoms with Gasteiger partial charge in [0, 0.05) is 23.2 Å². The number of nitrogen functional groups attached to an aromatic ring is 1. The van der Waals surface area contributed by atoms with Gasteiger partial charge in [-0.2, -0.15) is 0 Å². The van der Waals surface area contributed by atoms with Crippen LogP contribution in [0, 0.1) is 0 Å². The van der Waals surface area contributed by atoms with Crippen LogP contribution in [0.4, 0.5) is 5.69 Å². The number of hydrogen-bond acceptors (Lipinski definition) is 3. The van der Waals surface area contributed by atoms with Gasteiger partial charge in [-0.3, -0.25) is 9.78 Å². The lowest BCUT2D eigenvalue weighted by atomic mass is 10.2. The van der Waals surface area contributed by atoms with E-state index in [4.69, 9.17) is 5.73 Å². The van der Waals surface area contributed by atoms with E-state index in [0.29, 0.717) is 0 Å². The van der Waals surface area contributed by atoms with Gasteiger partial charge < -0.3 is 10.7 Å². The summed E-state index contributed by atoms with van der Waals surface area (Å²) < 4.78 is 0. The second-order valence-electron chi connectivity index (χ2n) is 4.83. The maximum atomic E-state index is 10.8. The number of hydrogen-bond donors (Lipinski definition) is 2. The van der Waals surface area contributed by atoms with Crippen LogP contribution in [0.3, 0.4) is 0 Å². The normalized spacial score (nSPS) is 10.2. The highest BCUT2D eigenvalue weighted by Gasteiger charge is 1.94. The lowest BCUT2D eigenvalue weighted by Gasteiger charge is -1.97. The van der Waals surface area contributed by atoms with E-state index < -0.39 is 0 Å². The second kappa shape index (κ2) is 6.10. The fourth-order valence-electron chi connectivity index (χ4n) is 2.22. The molecule has 2 aromatic heterocycles. The Morgan fingerprint density at radius 2 is 1.59 bits per heavy atom. The first kappa shape index (κ1) is 13.8. The molecular weight excluding hydrogens is 274 g/mol. The summed E-state index contributed by atoms with van der Waals surface area (Å²) in [6.07, 6.45) is 1.75. The third kappa shape index (κ3) is 2.96. The molecule has 0 spiro atoms. The zero-order chi connectivity index (χ0) is 15.4. The van der Waals surface area contributed by atoms with E-state index in [1.54, 1.807) is 6.20 Å². The summed E-state index contributed by atoms with van der Waals surface area (Å²) in [6.45, 7) is 0. The highest BCUT2D eigenvalue weighted by molar-refractivity contribution is 5.88. The van der Waals surface area contributed by atoms with Crippen molar-refractivity contribution in [2.24, 2.45) is 0 Å². The van der Waals surface area contributed by atoms with Crippen molar-refractivity contribution < 1.29 is 0 Å². The largest absolute Gasteiger partial charge is 0.397 e. The summed E-state index contributed by atoms with van der Waals surface area (Å²) in [7, 11) is 0. The van der Waals surface area contributed by atoms with Crippen LogP contribution in [0.15, 0.2) is 77.7 Å². The Labute approximate surface area is 127 Å². The highest BCUT2D eigenvalue weighted by Crippen LogP contribution is 2.16. The number of nitrogens with two attached hydrogens (primary N) is 1. The van der Waals surface area contributed by atoms with Crippen molar-refractivity contribution >= 4 is 27.5 Å². The molecule has 0 saturated heterocycles. The minimum Gasteiger partial charge on any atom is -0.397 e. The van der Waals surface area contributed by atoms with Crippen molar-refractivity contribution in [2.45, 2.75) is 0 Å². The number of aromatic nitrogens is 2. The zero-order valence-electron chi connectivity index (χ0n) is 11.9. The van der Waals surface area contributed by atoms with E-state index in [0.717, 1.165) is 27.5 Å². The molecule has 2 heterocycles. The number of para-hydroxylation sites is 2. The van der Waals surface area contributed by atoms with E-state index in [1.165, 1.54) is 6.07 Å². The van der Waals surface area contributed by atoms with Gasteiger partial charge in [0.15, 0.2) is 0 Å². The minimum absolute atomic E-state index is 0.0521. The van der Waals surface area contributed by atoms with Crippen LogP contribution >= 0.6 is 0 Å². The number of pyridine rings is 2. The Balaban J connectivity index is 0.000000131. The SMILES string of the molecule is Nc1cccc2cccnc12.O=c1ccc2ccccc2[nH]1. The summed E-state index contributed by atoms with van der Waals surface area (Å²) in [4.78, 5) is 17.7. The summed E-state index contributed by atoms with van der Waals surface area (Å²) in [5.41, 5.74) is 8.15. The van der Waals surface area contributed by atoms with Crippen LogP contribution < -0.4 is 11.3 Å². The van der Waals surface area contributed by atoms with E-state index in [1.807, 2.05) is 60.7 Å². The van der Waals surface area contributed by atoms with E-state index in [-0.39, 0.29) is 5.56 Å². The first-order valence-corrected chi connectivity index (χ1v) is 6.91. The topological polar surface area (TPSA) is 71.8 Å². The van der Waals surface area contributed by atoms with E-state index in [2.05, 4.69) is 9.97 Å². The van der Waals surface area contributed by atoms with Gasteiger partial charge >= 0.3 is 0 Å². The number of anilines is 1. The molecule has 0 bridgehead atoms. The molecule has 0 atom stereocenters. The van der Waals surface area contributed by atoms with E-state index in [9.17, 15) is 4.79 Å². The third-order valence-corrected chi connectivity index (χ3v) is 3.30. The zero-order valence-corrected chi connectivity index (χ0v) is 11.9. The molecule has 0 radical (unpaired) electrons. The Morgan fingerprint density at radius 1 is 0.818 bits per heavy atom. The molecule has 4 nitrogen and oxygen atoms in total. The van der Waals surface area contributed by atoms with Gasteiger partial charge in [-0.1, -0.05) is 36.4 Å². The van der Waals surface area contributed by atoms with Crippen LogP contribution in [-0.2, 0) is 0 Å². The van der Waals surface area contributed by atoms with Gasteiger partial charge in [-0.25, -0.2) is 0 Å². The summed E-state index contributed by atoms with van der Waals surface area (Å²) in [5, 5.41) is 2.15. The van der Waals surface area contributed by atoms with Crippen molar-refractivity contribution in [3.05, 3.63) is 83.3 Å². The second-order valence-corrected chi connectivity index (χ2v) is 4.83. The molecule has 4 rings (SSSR count). The standard InChI is InChI=1S/C9H8N2.C9H7NO/c10-8-5-1-3-7-4-2-6-11-9(7)8;11-9-6-5-7-3-1-2-4-8(7)10-9/h1-6H,10H2;1-6H,(H,10,11). The Hall–Kier alpha value is -3.14. The number of H-pyrrole nitrogens is 1. The quantitative estimate of drug-likeness (QED) is 0.488.